The Bertz CT molecular complexity index is 717. The minimum absolute atomic E-state index is 0.0220. The van der Waals surface area contributed by atoms with Crippen LogP contribution in [0, 0.1) is 0 Å². The second-order valence-electron chi connectivity index (χ2n) is 4.95. The minimum atomic E-state index is -4.50. The number of halogens is 6. The van der Waals surface area contributed by atoms with Crippen LogP contribution in [0.1, 0.15) is 17.0 Å². The zero-order valence-corrected chi connectivity index (χ0v) is 14.6. The Morgan fingerprint density at radius 3 is 2.00 bits per heavy atom. The summed E-state index contributed by atoms with van der Waals surface area (Å²) in [5, 5.41) is -0.0142. The molecule has 0 aliphatic heterocycles. The first-order chi connectivity index (χ1) is 11.2. The summed E-state index contributed by atoms with van der Waals surface area (Å²) in [7, 11) is 1.51. The number of allylic oxidation sites excluding steroid dienone is 1. The van der Waals surface area contributed by atoms with Gasteiger partial charge in [-0.1, -0.05) is 59.1 Å². The average molecular weight is 396 g/mol. The van der Waals surface area contributed by atoms with Crippen LogP contribution < -0.4 is 4.74 Å². The van der Waals surface area contributed by atoms with Gasteiger partial charge in [0.1, 0.15) is 5.75 Å². The van der Waals surface area contributed by atoms with E-state index < -0.39 is 12.1 Å². The summed E-state index contributed by atoms with van der Waals surface area (Å²) < 4.78 is 45.2. The molecule has 0 heterocycles. The molecule has 0 fully saturated rings. The number of benzene rings is 2. The molecule has 0 aromatic heterocycles. The van der Waals surface area contributed by atoms with Crippen molar-refractivity contribution in [2.45, 2.75) is 12.1 Å². The molecule has 0 saturated carbocycles. The van der Waals surface area contributed by atoms with Crippen LogP contribution in [0.15, 0.2) is 42.5 Å². The van der Waals surface area contributed by atoms with Crippen molar-refractivity contribution in [1.29, 1.82) is 0 Å². The van der Waals surface area contributed by atoms with Gasteiger partial charge in [-0.05, 0) is 35.4 Å². The van der Waals surface area contributed by atoms with E-state index in [1.54, 1.807) is 24.3 Å². The van der Waals surface area contributed by atoms with Crippen LogP contribution in [0.3, 0.4) is 0 Å². The molecular weight excluding hydrogens is 384 g/mol. The number of ether oxygens (including phenoxy) is 1. The number of hydrogen-bond donors (Lipinski definition) is 0. The molecule has 2 rings (SSSR count). The van der Waals surface area contributed by atoms with E-state index in [1.807, 2.05) is 0 Å². The molecule has 2 aromatic rings. The second kappa shape index (κ2) is 7.68. The molecule has 0 aliphatic rings. The molecule has 0 spiro atoms. The van der Waals surface area contributed by atoms with E-state index in [2.05, 4.69) is 0 Å². The first-order valence-electron chi connectivity index (χ1n) is 6.76. The molecule has 24 heavy (non-hydrogen) atoms. The fourth-order valence-corrected chi connectivity index (χ4v) is 2.70. The molecule has 0 radical (unpaired) electrons. The number of hydrogen-bond acceptors (Lipinski definition) is 1. The minimum Gasteiger partial charge on any atom is -0.497 e. The van der Waals surface area contributed by atoms with Gasteiger partial charge in [-0.3, -0.25) is 0 Å². The molecule has 128 valence electrons. The molecule has 7 heteroatoms. The highest BCUT2D eigenvalue weighted by Gasteiger charge is 2.39. The second-order valence-corrected chi connectivity index (χ2v) is 6.14. The van der Waals surface area contributed by atoms with Gasteiger partial charge in [-0.25, -0.2) is 0 Å². The maximum atomic E-state index is 13.4. The Morgan fingerprint density at radius 1 is 1.00 bits per heavy atom. The lowest BCUT2D eigenvalue weighted by Crippen LogP contribution is -2.19. The maximum Gasteiger partial charge on any atom is 0.399 e. The van der Waals surface area contributed by atoms with E-state index >= 15 is 0 Å². The molecule has 2 aromatic carbocycles. The van der Waals surface area contributed by atoms with Gasteiger partial charge in [-0.2, -0.15) is 13.2 Å². The third kappa shape index (κ3) is 4.59. The third-order valence-corrected chi connectivity index (χ3v) is 4.51. The Hall–Kier alpha value is -1.36. The Morgan fingerprint density at radius 2 is 1.54 bits per heavy atom. The highest BCUT2D eigenvalue weighted by atomic mass is 35.5. The Labute approximate surface area is 152 Å². The number of alkyl halides is 3. The maximum absolute atomic E-state index is 13.4. The summed E-state index contributed by atoms with van der Waals surface area (Å²) in [6.07, 6.45) is -2.06. The molecule has 0 aliphatic carbocycles. The van der Waals surface area contributed by atoms with E-state index in [-0.39, 0.29) is 20.6 Å². The summed E-state index contributed by atoms with van der Waals surface area (Å²) >= 11 is 17.5. The molecule has 1 nitrogen and oxygen atoms in total. The predicted octanol–water partition coefficient (Wildman–Crippen LogP) is 7.01. The van der Waals surface area contributed by atoms with E-state index in [1.165, 1.54) is 25.3 Å². The molecule has 1 atom stereocenters. The molecular formula is C17H12Cl3F3O. The van der Waals surface area contributed by atoms with Crippen LogP contribution in [0.5, 0.6) is 5.75 Å². The summed E-state index contributed by atoms with van der Waals surface area (Å²) in [6, 6.07) is 8.99. The number of methoxy groups -OCH3 is 1. The predicted molar refractivity (Wildman–Crippen MR) is 92.3 cm³/mol. The first kappa shape index (κ1) is 19.0. The van der Waals surface area contributed by atoms with Crippen LogP contribution in [0.25, 0.3) is 6.08 Å². The fourth-order valence-electron chi connectivity index (χ4n) is 2.09. The van der Waals surface area contributed by atoms with Crippen molar-refractivity contribution in [3.05, 3.63) is 68.7 Å². The van der Waals surface area contributed by atoms with Gasteiger partial charge in [-0.15, -0.1) is 0 Å². The van der Waals surface area contributed by atoms with Gasteiger partial charge >= 0.3 is 6.18 Å². The van der Waals surface area contributed by atoms with Gasteiger partial charge in [0.2, 0.25) is 0 Å². The monoisotopic (exact) mass is 394 g/mol. The van der Waals surface area contributed by atoms with Crippen molar-refractivity contribution in [2.24, 2.45) is 0 Å². The van der Waals surface area contributed by atoms with Crippen LogP contribution in [-0.2, 0) is 0 Å². The van der Waals surface area contributed by atoms with Crippen LogP contribution in [0.4, 0.5) is 13.2 Å². The quantitative estimate of drug-likeness (QED) is 0.506. The number of rotatable bonds is 4. The summed E-state index contributed by atoms with van der Waals surface area (Å²) in [4.78, 5) is 0. The first-order valence-corrected chi connectivity index (χ1v) is 7.89. The van der Waals surface area contributed by atoms with Crippen LogP contribution in [-0.4, -0.2) is 13.3 Å². The van der Waals surface area contributed by atoms with Gasteiger partial charge in [0.05, 0.1) is 28.1 Å². The smallest absolute Gasteiger partial charge is 0.399 e. The molecule has 0 amide bonds. The highest BCUT2D eigenvalue weighted by molar-refractivity contribution is 6.48. The lowest BCUT2D eigenvalue weighted by atomic mass is 9.97. The highest BCUT2D eigenvalue weighted by Crippen LogP contribution is 2.41. The fraction of sp³-hybridized carbons (Fsp3) is 0.176. The molecule has 0 saturated heterocycles. The van der Waals surface area contributed by atoms with Crippen LogP contribution in [0.2, 0.25) is 15.1 Å². The van der Waals surface area contributed by atoms with Crippen molar-refractivity contribution in [3.63, 3.8) is 0 Å². The Kier molecular flexibility index (Phi) is 6.07. The third-order valence-electron chi connectivity index (χ3n) is 3.31. The van der Waals surface area contributed by atoms with Crippen molar-refractivity contribution >= 4 is 40.9 Å². The van der Waals surface area contributed by atoms with E-state index in [9.17, 15) is 13.2 Å². The topological polar surface area (TPSA) is 9.23 Å². The normalized spacial score (nSPS) is 13.3. The summed E-state index contributed by atoms with van der Waals surface area (Å²) in [6.45, 7) is 0. The van der Waals surface area contributed by atoms with Gasteiger partial charge < -0.3 is 4.74 Å². The zero-order chi connectivity index (χ0) is 17.9. The summed E-state index contributed by atoms with van der Waals surface area (Å²) in [5.74, 6) is -1.23. The van der Waals surface area contributed by atoms with E-state index in [4.69, 9.17) is 39.5 Å². The largest absolute Gasteiger partial charge is 0.497 e. The summed E-state index contributed by atoms with van der Waals surface area (Å²) in [5.41, 5.74) is 0.530. The lowest BCUT2D eigenvalue weighted by Gasteiger charge is -2.18. The van der Waals surface area contributed by atoms with Gasteiger partial charge in [0, 0.05) is 0 Å². The standard InChI is InChI=1S/C17H12Cl3F3O/c1-24-12-5-2-10(3-6-12)4-7-13(17(21,22)23)11-8-14(18)16(20)15(19)9-11/h2-9,13H,1H3/b7-4+. The Balaban J connectivity index is 2.37. The van der Waals surface area contributed by atoms with Crippen molar-refractivity contribution in [1.82, 2.24) is 0 Å². The van der Waals surface area contributed by atoms with Crippen molar-refractivity contribution in [2.75, 3.05) is 7.11 Å². The van der Waals surface area contributed by atoms with Crippen molar-refractivity contribution in [3.8, 4) is 5.75 Å². The lowest BCUT2D eigenvalue weighted by molar-refractivity contribution is -0.139. The average Bonchev–Trinajstić information content (AvgIpc) is 2.52. The molecule has 0 bridgehead atoms. The van der Waals surface area contributed by atoms with Gasteiger partial charge in [0.15, 0.2) is 0 Å². The van der Waals surface area contributed by atoms with Gasteiger partial charge in [0.25, 0.3) is 0 Å². The van der Waals surface area contributed by atoms with E-state index in [0.29, 0.717) is 11.3 Å². The van der Waals surface area contributed by atoms with E-state index in [0.717, 1.165) is 6.08 Å². The van der Waals surface area contributed by atoms with Crippen LogP contribution >= 0.6 is 34.8 Å². The zero-order valence-electron chi connectivity index (χ0n) is 12.4. The molecule has 0 N–H and O–H groups in total. The molecule has 1 unspecified atom stereocenters. The SMILES string of the molecule is COc1ccc(/C=C/C(c2cc(Cl)c(Cl)c(Cl)c2)C(F)(F)F)cc1. The van der Waals surface area contributed by atoms with Crippen molar-refractivity contribution < 1.29 is 17.9 Å².